The van der Waals surface area contributed by atoms with Gasteiger partial charge in [-0.25, -0.2) is 4.79 Å². The van der Waals surface area contributed by atoms with Gasteiger partial charge in [-0.1, -0.05) is 18.2 Å². The van der Waals surface area contributed by atoms with Gasteiger partial charge in [-0.3, -0.25) is 9.59 Å². The number of carbonyl (C=O) groups excluding carboxylic acids is 2. The Morgan fingerprint density at radius 3 is 2.65 bits per heavy atom. The van der Waals surface area contributed by atoms with Gasteiger partial charge in [-0.15, -0.1) is 0 Å². The molecular formula is C24H25N3O4. The lowest BCUT2D eigenvalue weighted by Crippen LogP contribution is -2.39. The van der Waals surface area contributed by atoms with Gasteiger partial charge in [0.1, 0.15) is 11.2 Å². The van der Waals surface area contributed by atoms with Gasteiger partial charge < -0.3 is 19.9 Å². The topological polar surface area (TPSA) is 91.5 Å². The number of nitrogens with zero attached hydrogens (tertiary/aromatic N) is 1. The van der Waals surface area contributed by atoms with E-state index >= 15 is 0 Å². The van der Waals surface area contributed by atoms with E-state index in [2.05, 4.69) is 10.3 Å². The fraction of sp³-hybridized carbons (Fsp3) is 0.292. The van der Waals surface area contributed by atoms with Crippen LogP contribution >= 0.6 is 0 Å². The van der Waals surface area contributed by atoms with E-state index < -0.39 is 11.5 Å². The average Bonchev–Trinajstić information content (AvgIpc) is 2.72. The van der Waals surface area contributed by atoms with Gasteiger partial charge >= 0.3 is 6.09 Å². The second-order valence-electron chi connectivity index (χ2n) is 8.67. The molecule has 2 N–H and O–H groups in total. The van der Waals surface area contributed by atoms with E-state index in [1.807, 2.05) is 45.0 Å². The van der Waals surface area contributed by atoms with Crippen LogP contribution in [0.25, 0.3) is 10.9 Å². The number of ether oxygens (including phenoxy) is 1. The molecule has 160 valence electrons. The second-order valence-corrected chi connectivity index (χ2v) is 8.67. The number of hydrogen-bond donors (Lipinski definition) is 2. The first-order valence-corrected chi connectivity index (χ1v) is 10.2. The predicted molar refractivity (Wildman–Crippen MR) is 119 cm³/mol. The standard InChI is InChI=1S/C24H25N3O4/c1-24(2,3)31-23(30)27-11-10-15-8-9-17(12-16(15)14-27)26-22(29)19-13-25-20-7-5-4-6-18(20)21(19)28/h4-9,12-13H,10-11,14H2,1-3H3,(H,25,28)(H,26,29). The second kappa shape index (κ2) is 7.91. The van der Waals surface area contributed by atoms with Crippen molar-refractivity contribution in [2.75, 3.05) is 11.9 Å². The summed E-state index contributed by atoms with van der Waals surface area (Å²) in [5, 5.41) is 3.27. The molecular weight excluding hydrogens is 394 g/mol. The summed E-state index contributed by atoms with van der Waals surface area (Å²) in [4.78, 5) is 42.5. The lowest BCUT2D eigenvalue weighted by molar-refractivity contribution is 0.0224. The molecule has 2 heterocycles. The summed E-state index contributed by atoms with van der Waals surface area (Å²) in [7, 11) is 0. The first kappa shape index (κ1) is 20.7. The van der Waals surface area contributed by atoms with Crippen molar-refractivity contribution in [3.8, 4) is 0 Å². The largest absolute Gasteiger partial charge is 0.444 e. The van der Waals surface area contributed by atoms with Crippen LogP contribution in [-0.2, 0) is 17.7 Å². The zero-order valence-electron chi connectivity index (χ0n) is 17.8. The van der Waals surface area contributed by atoms with Crippen LogP contribution < -0.4 is 10.7 Å². The Hall–Kier alpha value is -3.61. The summed E-state index contributed by atoms with van der Waals surface area (Å²) >= 11 is 0. The number of rotatable bonds is 2. The van der Waals surface area contributed by atoms with E-state index in [1.165, 1.54) is 6.20 Å². The monoisotopic (exact) mass is 419 g/mol. The fourth-order valence-electron chi connectivity index (χ4n) is 3.65. The zero-order valence-corrected chi connectivity index (χ0v) is 17.8. The van der Waals surface area contributed by atoms with Crippen LogP contribution in [0.3, 0.4) is 0 Å². The maximum Gasteiger partial charge on any atom is 0.410 e. The van der Waals surface area contributed by atoms with Gasteiger partial charge in [0.05, 0.1) is 0 Å². The van der Waals surface area contributed by atoms with E-state index in [-0.39, 0.29) is 17.1 Å². The SMILES string of the molecule is CC(C)(C)OC(=O)N1CCc2ccc(NC(=O)c3c[nH]c4ccccc4c3=O)cc2C1. The number of para-hydroxylation sites is 1. The normalized spacial score (nSPS) is 13.6. The minimum absolute atomic E-state index is 0.0480. The molecule has 0 unspecified atom stereocenters. The molecule has 3 aromatic rings. The molecule has 1 aromatic heterocycles. The predicted octanol–water partition coefficient (Wildman–Crippen LogP) is 4.07. The molecule has 0 radical (unpaired) electrons. The molecule has 31 heavy (non-hydrogen) atoms. The number of fused-ring (bicyclic) bond motifs is 2. The molecule has 0 saturated heterocycles. The van der Waals surface area contributed by atoms with Crippen LogP contribution in [0, 0.1) is 0 Å². The summed E-state index contributed by atoms with van der Waals surface area (Å²) in [6.07, 6.45) is 1.80. The molecule has 7 nitrogen and oxygen atoms in total. The number of anilines is 1. The Bertz CT molecular complexity index is 1220. The maximum atomic E-state index is 12.8. The number of H-pyrrole nitrogens is 1. The molecule has 0 bridgehead atoms. The van der Waals surface area contributed by atoms with Gasteiger partial charge in [-0.2, -0.15) is 0 Å². The van der Waals surface area contributed by atoms with Gasteiger partial charge in [0.15, 0.2) is 0 Å². The molecule has 0 atom stereocenters. The summed E-state index contributed by atoms with van der Waals surface area (Å²) < 4.78 is 5.47. The third-order valence-corrected chi connectivity index (χ3v) is 5.16. The van der Waals surface area contributed by atoms with Crippen molar-refractivity contribution >= 4 is 28.6 Å². The number of benzene rings is 2. The van der Waals surface area contributed by atoms with Crippen LogP contribution in [0.15, 0.2) is 53.5 Å². The molecule has 7 heteroatoms. The number of pyridine rings is 1. The first-order chi connectivity index (χ1) is 14.7. The van der Waals surface area contributed by atoms with E-state index in [4.69, 9.17) is 4.74 Å². The lowest BCUT2D eigenvalue weighted by Gasteiger charge is -2.31. The summed E-state index contributed by atoms with van der Waals surface area (Å²) in [6.45, 7) is 6.51. The highest BCUT2D eigenvalue weighted by Gasteiger charge is 2.26. The Morgan fingerprint density at radius 1 is 1.10 bits per heavy atom. The Labute approximate surface area is 180 Å². The Morgan fingerprint density at radius 2 is 1.87 bits per heavy atom. The summed E-state index contributed by atoms with van der Waals surface area (Å²) in [5.41, 5.74) is 2.50. The van der Waals surface area contributed by atoms with Crippen LogP contribution in [0.1, 0.15) is 42.3 Å². The number of carbonyl (C=O) groups is 2. The lowest BCUT2D eigenvalue weighted by atomic mass is 9.99. The van der Waals surface area contributed by atoms with Gasteiger partial charge in [-0.05, 0) is 62.6 Å². The smallest absolute Gasteiger partial charge is 0.410 e. The van der Waals surface area contributed by atoms with Crippen molar-refractivity contribution in [2.45, 2.75) is 39.3 Å². The molecule has 1 aliphatic rings. The Balaban J connectivity index is 1.53. The van der Waals surface area contributed by atoms with Gasteiger partial charge in [0.2, 0.25) is 5.43 Å². The highest BCUT2D eigenvalue weighted by molar-refractivity contribution is 6.05. The van der Waals surface area contributed by atoms with Crippen molar-refractivity contribution in [1.29, 1.82) is 0 Å². The number of hydrogen-bond acceptors (Lipinski definition) is 4. The molecule has 0 spiro atoms. The number of amides is 2. The molecule has 1 aliphatic heterocycles. The molecule has 2 aromatic carbocycles. The summed E-state index contributed by atoms with van der Waals surface area (Å²) in [5.74, 6) is -0.480. The molecule has 4 rings (SSSR count). The molecule has 2 amide bonds. The number of aromatic amines is 1. The third kappa shape index (κ3) is 4.45. The maximum absolute atomic E-state index is 12.8. The molecule has 0 fully saturated rings. The van der Waals surface area contributed by atoms with E-state index in [9.17, 15) is 14.4 Å². The number of aromatic nitrogens is 1. The van der Waals surface area contributed by atoms with Crippen molar-refractivity contribution in [2.24, 2.45) is 0 Å². The van der Waals surface area contributed by atoms with E-state index in [0.717, 1.165) is 11.1 Å². The van der Waals surface area contributed by atoms with Crippen LogP contribution in [-0.4, -0.2) is 34.0 Å². The molecule has 0 aliphatic carbocycles. The minimum Gasteiger partial charge on any atom is -0.444 e. The highest BCUT2D eigenvalue weighted by atomic mass is 16.6. The van der Waals surface area contributed by atoms with Crippen LogP contribution in [0.4, 0.5) is 10.5 Å². The van der Waals surface area contributed by atoms with Crippen LogP contribution in [0.5, 0.6) is 0 Å². The van der Waals surface area contributed by atoms with Crippen molar-refractivity contribution in [3.05, 3.63) is 75.6 Å². The fourth-order valence-corrected chi connectivity index (χ4v) is 3.65. The highest BCUT2D eigenvalue weighted by Crippen LogP contribution is 2.24. The number of nitrogens with one attached hydrogen (secondary N) is 2. The van der Waals surface area contributed by atoms with Gasteiger partial charge in [0, 0.05) is 35.9 Å². The van der Waals surface area contributed by atoms with Crippen molar-refractivity contribution in [3.63, 3.8) is 0 Å². The third-order valence-electron chi connectivity index (χ3n) is 5.16. The Kier molecular flexibility index (Phi) is 5.27. The van der Waals surface area contributed by atoms with Crippen molar-refractivity contribution < 1.29 is 14.3 Å². The van der Waals surface area contributed by atoms with Crippen molar-refractivity contribution in [1.82, 2.24) is 9.88 Å². The quantitative estimate of drug-likeness (QED) is 0.655. The van der Waals surface area contributed by atoms with Crippen LogP contribution in [0.2, 0.25) is 0 Å². The average molecular weight is 419 g/mol. The minimum atomic E-state index is -0.555. The summed E-state index contributed by atoms with van der Waals surface area (Å²) in [6, 6.07) is 12.7. The molecule has 0 saturated carbocycles. The first-order valence-electron chi connectivity index (χ1n) is 10.2. The van der Waals surface area contributed by atoms with E-state index in [0.29, 0.717) is 36.1 Å². The van der Waals surface area contributed by atoms with Gasteiger partial charge in [0.25, 0.3) is 5.91 Å². The zero-order chi connectivity index (χ0) is 22.2. The van der Waals surface area contributed by atoms with E-state index in [1.54, 1.807) is 23.1 Å².